The molecule has 1 atom stereocenters. The van der Waals surface area contributed by atoms with E-state index in [2.05, 4.69) is 15.3 Å². The number of nitrogen functional groups attached to an aromatic ring is 1. The molecule has 0 saturated heterocycles. The molecule has 3 N–H and O–H groups in total. The number of fused-ring (bicyclic) bond motifs is 2. The van der Waals surface area contributed by atoms with Crippen molar-refractivity contribution in [3.63, 3.8) is 0 Å². The van der Waals surface area contributed by atoms with Gasteiger partial charge in [0, 0.05) is 31.6 Å². The summed E-state index contributed by atoms with van der Waals surface area (Å²) in [7, 11) is 4.94. The van der Waals surface area contributed by atoms with E-state index < -0.39 is 6.10 Å². The number of rotatable bonds is 7. The Bertz CT molecular complexity index is 1140. The smallest absolute Gasteiger partial charge is 0.264 e. The Balaban J connectivity index is 1.38. The third kappa shape index (κ3) is 4.25. The van der Waals surface area contributed by atoms with Gasteiger partial charge < -0.3 is 34.9 Å². The van der Waals surface area contributed by atoms with Gasteiger partial charge in [0.05, 0.1) is 19.7 Å². The van der Waals surface area contributed by atoms with Gasteiger partial charge in [0.25, 0.3) is 5.91 Å². The second-order valence-electron chi connectivity index (χ2n) is 7.21. The number of aromatic nitrogens is 2. The molecule has 168 valence electrons. The fourth-order valence-corrected chi connectivity index (χ4v) is 3.35. The minimum atomic E-state index is -0.704. The number of amides is 1. The van der Waals surface area contributed by atoms with Gasteiger partial charge in [0.1, 0.15) is 12.4 Å². The summed E-state index contributed by atoms with van der Waals surface area (Å²) < 4.78 is 22.0. The van der Waals surface area contributed by atoms with E-state index in [0.29, 0.717) is 58.8 Å². The molecule has 0 spiro atoms. The number of para-hydroxylation sites is 2. The van der Waals surface area contributed by atoms with Crippen LogP contribution in [0, 0.1) is 0 Å². The second kappa shape index (κ2) is 9.04. The molecule has 0 fully saturated rings. The van der Waals surface area contributed by atoms with E-state index in [9.17, 15) is 4.79 Å². The molecule has 0 radical (unpaired) electrons. The average molecular weight is 439 g/mol. The van der Waals surface area contributed by atoms with Crippen molar-refractivity contribution in [1.82, 2.24) is 15.3 Å². The van der Waals surface area contributed by atoms with Gasteiger partial charge in [-0.3, -0.25) is 4.79 Å². The summed E-state index contributed by atoms with van der Waals surface area (Å²) in [5.41, 5.74) is 6.78. The molecule has 10 nitrogen and oxygen atoms in total. The number of nitrogens with zero attached hydrogens (tertiary/aromatic N) is 3. The Morgan fingerprint density at radius 1 is 1.19 bits per heavy atom. The Kier molecular flexibility index (Phi) is 6.02. The lowest BCUT2D eigenvalue weighted by molar-refractivity contribution is -0.130. The quantitative estimate of drug-likeness (QED) is 0.566. The maximum atomic E-state index is 12.5. The minimum Gasteiger partial charge on any atom is -0.493 e. The van der Waals surface area contributed by atoms with E-state index in [0.717, 1.165) is 0 Å². The van der Waals surface area contributed by atoms with Gasteiger partial charge in [-0.25, -0.2) is 4.98 Å². The molecule has 10 heteroatoms. The summed E-state index contributed by atoms with van der Waals surface area (Å²) in [5.74, 6) is 2.81. The maximum Gasteiger partial charge on any atom is 0.264 e. The zero-order valence-electron chi connectivity index (χ0n) is 18.1. The highest BCUT2D eigenvalue weighted by molar-refractivity contribution is 5.91. The summed E-state index contributed by atoms with van der Waals surface area (Å²) in [4.78, 5) is 23.2. The zero-order chi connectivity index (χ0) is 22.7. The van der Waals surface area contributed by atoms with Crippen molar-refractivity contribution < 1.29 is 23.7 Å². The van der Waals surface area contributed by atoms with E-state index in [1.54, 1.807) is 43.4 Å². The number of ether oxygens (including phenoxy) is 4. The third-order valence-corrected chi connectivity index (χ3v) is 5.11. The first-order chi connectivity index (χ1) is 15.5. The van der Waals surface area contributed by atoms with Crippen molar-refractivity contribution >= 4 is 28.6 Å². The highest BCUT2D eigenvalue weighted by Gasteiger charge is 2.27. The number of likely N-dealkylation sites (N-methyl/N-ethyl adjacent to an activating group) is 1. The summed E-state index contributed by atoms with van der Waals surface area (Å²) in [5, 5.41) is 3.53. The van der Waals surface area contributed by atoms with Crippen molar-refractivity contribution in [1.29, 1.82) is 0 Å². The number of carbonyl (C=O) groups is 1. The number of benzene rings is 2. The topological polar surface area (TPSA) is 121 Å². The fraction of sp³-hybridized carbons (Fsp3) is 0.318. The van der Waals surface area contributed by atoms with E-state index in [1.165, 1.54) is 0 Å². The third-order valence-electron chi connectivity index (χ3n) is 5.11. The SMILES string of the molecule is COc1cc2nc(N(C)CCNC(=O)C3COc4ccccc4O3)nc(N)c2cc1OC. The number of carbonyl (C=O) groups excluding carboxylic acids is 1. The number of nitrogens with one attached hydrogen (secondary N) is 1. The standard InChI is InChI=1S/C22H25N5O5/c1-27(9-8-24-21(28)19-12-31-15-6-4-5-7-16(15)32-19)22-25-14-11-18(30-3)17(29-2)10-13(14)20(23)26-22/h4-7,10-11,19H,8-9,12H2,1-3H3,(H,24,28)(H2,23,25,26). The molecule has 3 aromatic rings. The molecule has 4 rings (SSSR count). The van der Waals surface area contributed by atoms with E-state index in [4.69, 9.17) is 24.7 Å². The van der Waals surface area contributed by atoms with Gasteiger partial charge >= 0.3 is 0 Å². The highest BCUT2D eigenvalue weighted by atomic mass is 16.6. The molecule has 2 heterocycles. The predicted octanol–water partition coefficient (Wildman–Crippen LogP) is 1.62. The lowest BCUT2D eigenvalue weighted by Crippen LogP contribution is -2.45. The van der Waals surface area contributed by atoms with Crippen LogP contribution in [-0.2, 0) is 4.79 Å². The van der Waals surface area contributed by atoms with Gasteiger partial charge in [-0.15, -0.1) is 0 Å². The van der Waals surface area contributed by atoms with Crippen molar-refractivity contribution in [2.45, 2.75) is 6.10 Å². The van der Waals surface area contributed by atoms with Gasteiger partial charge in [-0.2, -0.15) is 4.98 Å². The molecule has 1 unspecified atom stereocenters. The number of hydrogen-bond donors (Lipinski definition) is 2. The number of nitrogens with two attached hydrogens (primary N) is 1. The average Bonchev–Trinajstić information content (AvgIpc) is 2.82. The molecule has 1 amide bonds. The van der Waals surface area contributed by atoms with Crippen molar-refractivity contribution in [3.8, 4) is 23.0 Å². The second-order valence-corrected chi connectivity index (χ2v) is 7.21. The summed E-state index contributed by atoms with van der Waals surface area (Å²) in [6, 6.07) is 10.8. The molecule has 32 heavy (non-hydrogen) atoms. The number of hydrogen-bond acceptors (Lipinski definition) is 9. The van der Waals surface area contributed by atoms with E-state index in [1.807, 2.05) is 19.2 Å². The van der Waals surface area contributed by atoms with Crippen molar-refractivity contribution in [2.24, 2.45) is 0 Å². The van der Waals surface area contributed by atoms with Crippen LogP contribution in [0.3, 0.4) is 0 Å². The Morgan fingerprint density at radius 2 is 1.91 bits per heavy atom. The lowest BCUT2D eigenvalue weighted by Gasteiger charge is -2.26. The van der Waals surface area contributed by atoms with Crippen LogP contribution in [0.15, 0.2) is 36.4 Å². The molecule has 1 aliphatic rings. The van der Waals surface area contributed by atoms with Crippen molar-refractivity contribution in [2.75, 3.05) is 51.6 Å². The molecule has 1 aliphatic heterocycles. The fourth-order valence-electron chi connectivity index (χ4n) is 3.35. The summed E-state index contributed by atoms with van der Waals surface area (Å²) in [6.45, 7) is 0.993. The highest BCUT2D eigenvalue weighted by Crippen LogP contribution is 2.34. The zero-order valence-corrected chi connectivity index (χ0v) is 18.1. The van der Waals surface area contributed by atoms with E-state index >= 15 is 0 Å². The summed E-state index contributed by atoms with van der Waals surface area (Å²) in [6.07, 6.45) is -0.704. The molecular formula is C22H25N5O5. The monoisotopic (exact) mass is 439 g/mol. The predicted molar refractivity (Wildman–Crippen MR) is 120 cm³/mol. The van der Waals surface area contributed by atoms with Gasteiger partial charge in [0.15, 0.2) is 23.0 Å². The number of methoxy groups -OCH3 is 2. The first-order valence-electron chi connectivity index (χ1n) is 10.1. The molecular weight excluding hydrogens is 414 g/mol. The summed E-state index contributed by atoms with van der Waals surface area (Å²) >= 11 is 0. The van der Waals surface area contributed by atoms with Crippen molar-refractivity contribution in [3.05, 3.63) is 36.4 Å². The molecule has 2 aromatic carbocycles. The largest absolute Gasteiger partial charge is 0.493 e. The van der Waals surface area contributed by atoms with Gasteiger partial charge in [-0.1, -0.05) is 12.1 Å². The van der Waals surface area contributed by atoms with Crippen LogP contribution < -0.4 is 34.9 Å². The molecule has 1 aromatic heterocycles. The maximum absolute atomic E-state index is 12.5. The lowest BCUT2D eigenvalue weighted by atomic mass is 10.2. The molecule has 0 saturated carbocycles. The van der Waals surface area contributed by atoms with Crippen LogP contribution in [-0.4, -0.2) is 62.9 Å². The molecule has 0 aliphatic carbocycles. The minimum absolute atomic E-state index is 0.161. The Hall–Kier alpha value is -3.95. The van der Waals surface area contributed by atoms with Crippen LogP contribution in [0.1, 0.15) is 0 Å². The van der Waals surface area contributed by atoms with Gasteiger partial charge in [-0.05, 0) is 18.2 Å². The first-order valence-corrected chi connectivity index (χ1v) is 10.1. The van der Waals surface area contributed by atoms with Crippen LogP contribution in [0.5, 0.6) is 23.0 Å². The van der Waals surface area contributed by atoms with Crippen LogP contribution in [0.2, 0.25) is 0 Å². The van der Waals surface area contributed by atoms with Gasteiger partial charge in [0.2, 0.25) is 12.1 Å². The van der Waals surface area contributed by atoms with Crippen LogP contribution in [0.4, 0.5) is 11.8 Å². The molecule has 0 bridgehead atoms. The van der Waals surface area contributed by atoms with Crippen LogP contribution in [0.25, 0.3) is 10.9 Å². The number of anilines is 2. The van der Waals surface area contributed by atoms with E-state index in [-0.39, 0.29) is 12.5 Å². The Labute approximate surface area is 185 Å². The normalized spacial score (nSPS) is 14.7. The van der Waals surface area contributed by atoms with Crippen LogP contribution >= 0.6 is 0 Å². The Morgan fingerprint density at radius 3 is 2.66 bits per heavy atom. The first kappa shape index (κ1) is 21.3.